The molecule has 0 spiro atoms. The number of nitrogens with zero attached hydrogens (tertiary/aromatic N) is 6. The minimum absolute atomic E-state index is 1.15. The van der Waals surface area contributed by atoms with Crippen molar-refractivity contribution in [2.45, 2.75) is 0 Å². The third-order valence-corrected chi connectivity index (χ3v) is 1.38. The summed E-state index contributed by atoms with van der Waals surface area (Å²) in [6.45, 7) is 0. The van der Waals surface area contributed by atoms with Gasteiger partial charge in [-0.15, -0.1) is 16.4 Å². The van der Waals surface area contributed by atoms with Gasteiger partial charge in [-0.1, -0.05) is 5.10 Å². The Morgan fingerprint density at radius 1 is 1.00 bits per heavy atom. The minimum Gasteiger partial charge on any atom is -0.346 e. The Kier molecular flexibility index (Phi) is 6.14. The lowest BCUT2D eigenvalue weighted by atomic mass is 11.0. The summed E-state index contributed by atoms with van der Waals surface area (Å²) in [5.41, 5.74) is 1.79. The molecule has 0 aliphatic rings. The van der Waals surface area contributed by atoms with Crippen LogP contribution in [0, 0.1) is 0 Å². The van der Waals surface area contributed by atoms with Crippen LogP contribution in [0.2, 0.25) is 0 Å². The second-order valence-corrected chi connectivity index (χ2v) is 2.52. The molecule has 0 radical (unpaired) electrons. The summed E-state index contributed by atoms with van der Waals surface area (Å²) >= 11 is 1.60. The Balaban J connectivity index is 0.000000112. The summed E-state index contributed by atoms with van der Waals surface area (Å²) in [6.07, 6.45) is 5.80. The largest absolute Gasteiger partial charge is 0.346 e. The van der Waals surface area contributed by atoms with E-state index in [1.54, 1.807) is 23.0 Å². The average Bonchev–Trinajstić information content (AvgIpc) is 3.09. The molecule has 0 aliphatic carbocycles. The average molecular weight is 226 g/mol. The molecular formula is C6H6N6O2S. The molecule has 3 heterocycles. The molecule has 8 nitrogen and oxygen atoms in total. The summed E-state index contributed by atoms with van der Waals surface area (Å²) < 4.78 is 8.33. The molecule has 0 saturated heterocycles. The number of hydrogen-bond donors (Lipinski definition) is 0. The van der Waals surface area contributed by atoms with Crippen molar-refractivity contribution in [1.82, 2.24) is 30.9 Å². The van der Waals surface area contributed by atoms with Crippen molar-refractivity contribution in [3.63, 3.8) is 0 Å². The van der Waals surface area contributed by atoms with E-state index >= 15 is 0 Å². The molecule has 0 atom stereocenters. The van der Waals surface area contributed by atoms with Gasteiger partial charge in [-0.2, -0.15) is 0 Å². The van der Waals surface area contributed by atoms with Crippen LogP contribution >= 0.6 is 11.3 Å². The third-order valence-electron chi connectivity index (χ3n) is 0.859. The molecular weight excluding hydrogens is 220 g/mol. The lowest BCUT2D eigenvalue weighted by molar-refractivity contribution is 0.392. The molecule has 0 aromatic carbocycles. The molecule has 0 aliphatic heterocycles. The summed E-state index contributed by atoms with van der Waals surface area (Å²) in [5, 5.41) is 17.6. The fourth-order valence-electron chi connectivity index (χ4n) is 0.417. The summed E-state index contributed by atoms with van der Waals surface area (Å²) in [6, 6.07) is 0. The van der Waals surface area contributed by atoms with Crippen LogP contribution in [0.3, 0.4) is 0 Å². The van der Waals surface area contributed by atoms with E-state index < -0.39 is 0 Å². The lowest BCUT2D eigenvalue weighted by Gasteiger charge is -1.45. The first-order valence-electron chi connectivity index (χ1n) is 3.61. The Labute approximate surface area is 87.9 Å². The highest BCUT2D eigenvalue weighted by atomic mass is 32.1. The molecule has 0 fully saturated rings. The van der Waals surface area contributed by atoms with Crippen LogP contribution in [-0.4, -0.2) is 30.9 Å². The zero-order chi connectivity index (χ0) is 10.6. The minimum atomic E-state index is 1.15. The van der Waals surface area contributed by atoms with Crippen LogP contribution < -0.4 is 0 Å². The van der Waals surface area contributed by atoms with Crippen LogP contribution in [0.15, 0.2) is 45.0 Å². The predicted octanol–water partition coefficient (Wildman–Crippen LogP) is 0.677. The van der Waals surface area contributed by atoms with Gasteiger partial charge < -0.3 is 9.05 Å². The summed E-state index contributed by atoms with van der Waals surface area (Å²) in [4.78, 5) is 3.74. The van der Waals surface area contributed by atoms with Crippen molar-refractivity contribution in [2.24, 2.45) is 0 Å². The highest BCUT2D eigenvalue weighted by Gasteiger charge is 1.62. The van der Waals surface area contributed by atoms with Gasteiger partial charge in [0.15, 0.2) is 0 Å². The maximum Gasteiger partial charge on any atom is 0.235 e. The number of hydrogen-bond acceptors (Lipinski definition) is 9. The molecule has 78 valence electrons. The zero-order valence-electron chi connectivity index (χ0n) is 7.37. The normalized spacial score (nSPS) is 8.00. The monoisotopic (exact) mass is 226 g/mol. The first-order chi connectivity index (χ1) is 7.50. The highest BCUT2D eigenvalue weighted by molar-refractivity contribution is 7.07. The van der Waals surface area contributed by atoms with Gasteiger partial charge in [0.1, 0.15) is 6.26 Å². The van der Waals surface area contributed by atoms with E-state index in [1.807, 2.05) is 5.38 Å². The Morgan fingerprint density at radius 3 is 2.20 bits per heavy atom. The van der Waals surface area contributed by atoms with E-state index in [2.05, 4.69) is 40.0 Å². The molecule has 0 unspecified atom stereocenters. The molecule has 3 aromatic heterocycles. The van der Waals surface area contributed by atoms with E-state index in [1.165, 1.54) is 12.5 Å². The van der Waals surface area contributed by atoms with Crippen LogP contribution in [-0.2, 0) is 0 Å². The van der Waals surface area contributed by atoms with Crippen molar-refractivity contribution in [3.05, 3.63) is 35.9 Å². The summed E-state index contributed by atoms with van der Waals surface area (Å²) in [7, 11) is 0. The number of aromatic nitrogens is 6. The Hall–Kier alpha value is -2.16. The Morgan fingerprint density at radius 2 is 2.00 bits per heavy atom. The van der Waals surface area contributed by atoms with E-state index in [-0.39, 0.29) is 0 Å². The lowest BCUT2D eigenvalue weighted by Crippen LogP contribution is -1.61. The van der Waals surface area contributed by atoms with Gasteiger partial charge in [0.2, 0.25) is 6.39 Å². The SMILES string of the molecule is c1conn1.c1cscn1.c1nnno1. The van der Waals surface area contributed by atoms with Gasteiger partial charge in [0.05, 0.1) is 17.0 Å². The standard InChI is InChI=1S/C3H3NS.C2H2N2O.CHN3O/c1-2-5-3-4-1;1-2-5-4-3-1;1-2-3-4-5-1/h1-3H;1-2H;1H. The summed E-state index contributed by atoms with van der Waals surface area (Å²) in [5.74, 6) is 0. The van der Waals surface area contributed by atoms with Crippen molar-refractivity contribution in [1.29, 1.82) is 0 Å². The van der Waals surface area contributed by atoms with Gasteiger partial charge in [0.25, 0.3) is 0 Å². The molecule has 9 heteroatoms. The third kappa shape index (κ3) is 6.95. The molecule has 3 rings (SSSR count). The quantitative estimate of drug-likeness (QED) is 0.551. The van der Waals surface area contributed by atoms with E-state index in [0.717, 1.165) is 6.39 Å². The van der Waals surface area contributed by atoms with E-state index in [0.29, 0.717) is 0 Å². The Bertz CT molecular complexity index is 258. The topological polar surface area (TPSA) is 104 Å². The van der Waals surface area contributed by atoms with Crippen LogP contribution in [0.1, 0.15) is 0 Å². The first-order valence-corrected chi connectivity index (χ1v) is 4.55. The van der Waals surface area contributed by atoms with Crippen molar-refractivity contribution in [2.75, 3.05) is 0 Å². The molecule has 0 N–H and O–H groups in total. The number of rotatable bonds is 0. The molecule has 15 heavy (non-hydrogen) atoms. The second-order valence-electron chi connectivity index (χ2n) is 1.76. The highest BCUT2D eigenvalue weighted by Crippen LogP contribution is 1.85. The van der Waals surface area contributed by atoms with Crippen molar-refractivity contribution >= 4 is 11.3 Å². The van der Waals surface area contributed by atoms with E-state index in [9.17, 15) is 0 Å². The van der Waals surface area contributed by atoms with Crippen LogP contribution in [0.25, 0.3) is 0 Å². The van der Waals surface area contributed by atoms with Gasteiger partial charge in [-0.25, -0.2) is 0 Å². The molecule has 0 amide bonds. The van der Waals surface area contributed by atoms with Crippen molar-refractivity contribution in [3.8, 4) is 0 Å². The van der Waals surface area contributed by atoms with Crippen LogP contribution in [0.5, 0.6) is 0 Å². The molecule has 0 bridgehead atoms. The molecule has 3 aromatic rings. The van der Waals surface area contributed by atoms with Gasteiger partial charge in [-0.05, 0) is 5.21 Å². The van der Waals surface area contributed by atoms with Crippen molar-refractivity contribution < 1.29 is 9.05 Å². The predicted molar refractivity (Wildman–Crippen MR) is 48.5 cm³/mol. The second kappa shape index (κ2) is 8.44. The van der Waals surface area contributed by atoms with Crippen LogP contribution in [0.4, 0.5) is 0 Å². The fraction of sp³-hybridized carbons (Fsp3) is 0. The van der Waals surface area contributed by atoms with Gasteiger partial charge >= 0.3 is 0 Å². The van der Waals surface area contributed by atoms with Gasteiger partial charge in [0, 0.05) is 16.8 Å². The number of thiazole rings is 1. The fourth-order valence-corrected chi connectivity index (χ4v) is 0.769. The zero-order valence-corrected chi connectivity index (χ0v) is 8.19. The van der Waals surface area contributed by atoms with Gasteiger partial charge in [-0.3, -0.25) is 4.98 Å². The first kappa shape index (κ1) is 10.9. The maximum atomic E-state index is 4.22. The maximum absolute atomic E-state index is 4.22. The smallest absolute Gasteiger partial charge is 0.235 e. The van der Waals surface area contributed by atoms with E-state index in [4.69, 9.17) is 0 Å². The molecule has 0 saturated carbocycles.